The Bertz CT molecular complexity index is 214. The van der Waals surface area contributed by atoms with Gasteiger partial charge in [0.25, 0.3) is 0 Å². The lowest BCUT2D eigenvalue weighted by Crippen LogP contribution is -2.36. The van der Waals surface area contributed by atoms with Gasteiger partial charge < -0.3 is 15.0 Å². The van der Waals surface area contributed by atoms with Crippen molar-refractivity contribution in [2.24, 2.45) is 5.92 Å². The van der Waals surface area contributed by atoms with Crippen molar-refractivity contribution >= 4 is 6.09 Å². The molecule has 1 amide bonds. The van der Waals surface area contributed by atoms with Crippen molar-refractivity contribution in [2.45, 2.75) is 25.9 Å². The molecule has 1 atom stereocenters. The van der Waals surface area contributed by atoms with E-state index in [4.69, 9.17) is 4.74 Å². The van der Waals surface area contributed by atoms with Crippen LogP contribution in [-0.2, 0) is 4.74 Å². The summed E-state index contributed by atoms with van der Waals surface area (Å²) < 4.78 is 5.36. The van der Waals surface area contributed by atoms with Gasteiger partial charge in [-0.3, -0.25) is 0 Å². The van der Waals surface area contributed by atoms with Crippen LogP contribution in [0.5, 0.6) is 0 Å². The fraction of sp³-hybridized carbons (Fsp3) is 0.900. The summed E-state index contributed by atoms with van der Waals surface area (Å²) in [5.74, 6) is 0.566. The number of likely N-dealkylation sites (N-methyl/N-ethyl adjacent to an activating group) is 1. The highest BCUT2D eigenvalue weighted by molar-refractivity contribution is 5.69. The monoisotopic (exact) mass is 198 g/mol. The molecule has 0 saturated carbocycles. The SMILES string of the molecule is CCN1CC(C2CCNCC2)OC1=O. The minimum atomic E-state index is -0.129. The summed E-state index contributed by atoms with van der Waals surface area (Å²) in [6.45, 7) is 5.67. The van der Waals surface area contributed by atoms with Crippen LogP contribution in [0.4, 0.5) is 4.79 Å². The lowest BCUT2D eigenvalue weighted by molar-refractivity contribution is 0.0906. The molecule has 2 aliphatic rings. The molecule has 2 saturated heterocycles. The van der Waals surface area contributed by atoms with Gasteiger partial charge in [-0.05, 0) is 32.9 Å². The molecule has 2 fully saturated rings. The lowest BCUT2D eigenvalue weighted by atomic mass is 9.92. The zero-order valence-corrected chi connectivity index (χ0v) is 8.66. The summed E-state index contributed by atoms with van der Waals surface area (Å²) in [4.78, 5) is 13.1. The Hall–Kier alpha value is -0.770. The molecule has 14 heavy (non-hydrogen) atoms. The highest BCUT2D eigenvalue weighted by Gasteiger charge is 2.35. The van der Waals surface area contributed by atoms with Crippen LogP contribution in [0.1, 0.15) is 19.8 Å². The van der Waals surface area contributed by atoms with Gasteiger partial charge in [0.05, 0.1) is 6.54 Å². The minimum Gasteiger partial charge on any atom is -0.444 e. The first-order chi connectivity index (χ1) is 6.81. The third-order valence-electron chi connectivity index (χ3n) is 3.20. The van der Waals surface area contributed by atoms with Crippen LogP contribution in [0.15, 0.2) is 0 Å². The normalized spacial score (nSPS) is 29.4. The largest absolute Gasteiger partial charge is 0.444 e. The molecule has 0 bridgehead atoms. The predicted octanol–water partition coefficient (Wildman–Crippen LogP) is 0.827. The summed E-state index contributed by atoms with van der Waals surface area (Å²) in [6.07, 6.45) is 2.28. The van der Waals surface area contributed by atoms with E-state index in [-0.39, 0.29) is 12.2 Å². The van der Waals surface area contributed by atoms with Gasteiger partial charge >= 0.3 is 6.09 Å². The zero-order chi connectivity index (χ0) is 9.97. The summed E-state index contributed by atoms with van der Waals surface area (Å²) >= 11 is 0. The van der Waals surface area contributed by atoms with Gasteiger partial charge in [-0.25, -0.2) is 4.79 Å². The fourth-order valence-electron chi connectivity index (χ4n) is 2.25. The second kappa shape index (κ2) is 4.17. The van der Waals surface area contributed by atoms with Crippen molar-refractivity contribution < 1.29 is 9.53 Å². The first kappa shape index (κ1) is 9.77. The predicted molar refractivity (Wildman–Crippen MR) is 53.1 cm³/mol. The van der Waals surface area contributed by atoms with Gasteiger partial charge in [-0.1, -0.05) is 0 Å². The van der Waals surface area contributed by atoms with Gasteiger partial charge in [0.15, 0.2) is 0 Å². The number of hydrogen-bond acceptors (Lipinski definition) is 3. The van der Waals surface area contributed by atoms with Gasteiger partial charge in [0.2, 0.25) is 0 Å². The van der Waals surface area contributed by atoms with Crippen LogP contribution in [-0.4, -0.2) is 43.3 Å². The van der Waals surface area contributed by atoms with Crippen LogP contribution >= 0.6 is 0 Å². The smallest absolute Gasteiger partial charge is 0.410 e. The molecule has 0 radical (unpaired) electrons. The molecule has 0 aromatic heterocycles. The van der Waals surface area contributed by atoms with Crippen LogP contribution in [0.25, 0.3) is 0 Å². The second-order valence-electron chi connectivity index (χ2n) is 4.05. The Morgan fingerprint density at radius 1 is 1.50 bits per heavy atom. The lowest BCUT2D eigenvalue weighted by Gasteiger charge is -2.26. The number of amides is 1. The Labute approximate surface area is 84.6 Å². The molecule has 1 N–H and O–H groups in total. The van der Waals surface area contributed by atoms with Gasteiger partial charge in [0, 0.05) is 12.5 Å². The van der Waals surface area contributed by atoms with Crippen molar-refractivity contribution in [1.82, 2.24) is 10.2 Å². The molecule has 4 nitrogen and oxygen atoms in total. The number of nitrogens with zero attached hydrogens (tertiary/aromatic N) is 1. The van der Waals surface area contributed by atoms with E-state index in [1.165, 1.54) is 0 Å². The van der Waals surface area contributed by atoms with Crippen molar-refractivity contribution in [1.29, 1.82) is 0 Å². The Kier molecular flexibility index (Phi) is 2.91. The maximum atomic E-state index is 11.3. The van der Waals surface area contributed by atoms with Gasteiger partial charge in [-0.15, -0.1) is 0 Å². The first-order valence-corrected chi connectivity index (χ1v) is 5.47. The standard InChI is InChI=1S/C10H18N2O2/c1-2-12-7-9(14-10(12)13)8-3-5-11-6-4-8/h8-9,11H,2-7H2,1H3. The molecule has 80 valence electrons. The molecular formula is C10H18N2O2. The van der Waals surface area contributed by atoms with Gasteiger partial charge in [-0.2, -0.15) is 0 Å². The van der Waals surface area contributed by atoms with E-state index in [2.05, 4.69) is 5.32 Å². The average Bonchev–Trinajstić information content (AvgIpc) is 2.61. The summed E-state index contributed by atoms with van der Waals surface area (Å²) in [5.41, 5.74) is 0. The minimum absolute atomic E-state index is 0.129. The van der Waals surface area contributed by atoms with Crippen LogP contribution in [0.3, 0.4) is 0 Å². The van der Waals surface area contributed by atoms with Crippen LogP contribution in [0, 0.1) is 5.92 Å². The molecule has 0 spiro atoms. The number of cyclic esters (lactones) is 1. The maximum Gasteiger partial charge on any atom is 0.410 e. The van der Waals surface area contributed by atoms with Crippen LogP contribution < -0.4 is 5.32 Å². The molecule has 1 unspecified atom stereocenters. The maximum absolute atomic E-state index is 11.3. The Morgan fingerprint density at radius 3 is 2.79 bits per heavy atom. The van der Waals surface area contributed by atoms with E-state index >= 15 is 0 Å². The summed E-state index contributed by atoms with van der Waals surface area (Å²) in [6, 6.07) is 0. The average molecular weight is 198 g/mol. The molecule has 2 aliphatic heterocycles. The third-order valence-corrected chi connectivity index (χ3v) is 3.20. The van der Waals surface area contributed by atoms with E-state index in [0.29, 0.717) is 5.92 Å². The summed E-state index contributed by atoms with van der Waals surface area (Å²) in [7, 11) is 0. The molecule has 2 rings (SSSR count). The van der Waals surface area contributed by atoms with E-state index in [1.54, 1.807) is 4.90 Å². The molecule has 0 aromatic rings. The second-order valence-corrected chi connectivity index (χ2v) is 4.05. The Morgan fingerprint density at radius 2 is 2.21 bits per heavy atom. The molecule has 0 aliphatic carbocycles. The van der Waals surface area contributed by atoms with E-state index in [9.17, 15) is 4.79 Å². The molecule has 2 heterocycles. The third kappa shape index (κ3) is 1.85. The van der Waals surface area contributed by atoms with E-state index < -0.39 is 0 Å². The van der Waals surface area contributed by atoms with Gasteiger partial charge in [0.1, 0.15) is 6.10 Å². The van der Waals surface area contributed by atoms with Crippen molar-refractivity contribution in [3.05, 3.63) is 0 Å². The molecule has 0 aromatic carbocycles. The topological polar surface area (TPSA) is 41.6 Å². The molecule has 4 heteroatoms. The van der Waals surface area contributed by atoms with E-state index in [0.717, 1.165) is 39.0 Å². The number of ether oxygens (including phenoxy) is 1. The van der Waals surface area contributed by atoms with Crippen molar-refractivity contribution in [3.63, 3.8) is 0 Å². The number of carbonyl (C=O) groups is 1. The quantitative estimate of drug-likeness (QED) is 0.714. The van der Waals surface area contributed by atoms with Crippen LogP contribution in [0.2, 0.25) is 0 Å². The highest BCUT2D eigenvalue weighted by atomic mass is 16.6. The fourth-order valence-corrected chi connectivity index (χ4v) is 2.25. The summed E-state index contributed by atoms with van der Waals surface area (Å²) in [5, 5.41) is 3.32. The van der Waals surface area contributed by atoms with E-state index in [1.807, 2.05) is 6.92 Å². The number of rotatable bonds is 2. The van der Waals surface area contributed by atoms with Crippen molar-refractivity contribution in [2.75, 3.05) is 26.2 Å². The number of carbonyl (C=O) groups excluding carboxylic acids is 1. The number of nitrogens with one attached hydrogen (secondary N) is 1. The highest BCUT2D eigenvalue weighted by Crippen LogP contribution is 2.24. The molecular weight excluding hydrogens is 180 g/mol. The first-order valence-electron chi connectivity index (χ1n) is 5.47. The zero-order valence-electron chi connectivity index (χ0n) is 8.66. The Balaban J connectivity index is 1.90. The number of hydrogen-bond donors (Lipinski definition) is 1. The van der Waals surface area contributed by atoms with Crippen molar-refractivity contribution in [3.8, 4) is 0 Å². The number of piperidine rings is 1.